The van der Waals surface area contributed by atoms with Gasteiger partial charge in [0.05, 0.1) is 6.54 Å². The average Bonchev–Trinajstić information content (AvgIpc) is 2.69. The predicted octanol–water partition coefficient (Wildman–Crippen LogP) is 2.83. The Kier molecular flexibility index (Phi) is 5.59. The van der Waals surface area contributed by atoms with E-state index in [0.717, 1.165) is 11.1 Å². The van der Waals surface area contributed by atoms with Crippen molar-refractivity contribution in [1.29, 1.82) is 0 Å². The van der Waals surface area contributed by atoms with Gasteiger partial charge in [-0.15, -0.1) is 0 Å². The summed E-state index contributed by atoms with van der Waals surface area (Å²) in [6, 6.07) is 22.4. The number of nitrogens with zero attached hydrogens (tertiary/aromatic N) is 2. The zero-order valence-electron chi connectivity index (χ0n) is 14.6. The monoisotopic (exact) mass is 347 g/mol. The van der Waals surface area contributed by atoms with Gasteiger partial charge in [-0.1, -0.05) is 67.6 Å². The minimum atomic E-state index is -0.283. The van der Waals surface area contributed by atoms with Crippen molar-refractivity contribution in [2.75, 3.05) is 6.54 Å². The Morgan fingerprint density at radius 3 is 2.35 bits per heavy atom. The van der Waals surface area contributed by atoms with Crippen molar-refractivity contribution in [2.45, 2.75) is 19.4 Å². The second-order valence-corrected chi connectivity index (χ2v) is 6.22. The van der Waals surface area contributed by atoms with E-state index in [4.69, 9.17) is 0 Å². The summed E-state index contributed by atoms with van der Waals surface area (Å²) in [5, 5.41) is 7.10. The Balaban J connectivity index is 1.68. The second kappa shape index (κ2) is 8.25. The van der Waals surface area contributed by atoms with Gasteiger partial charge in [-0.2, -0.15) is 5.10 Å². The average molecular weight is 347 g/mol. The number of hydrogen-bond acceptors (Lipinski definition) is 3. The van der Waals surface area contributed by atoms with Crippen LogP contribution in [0.25, 0.3) is 0 Å². The topological polar surface area (TPSA) is 64.0 Å². The quantitative estimate of drug-likeness (QED) is 0.746. The molecule has 0 bridgehead atoms. The van der Waals surface area contributed by atoms with Crippen LogP contribution >= 0.6 is 0 Å². The van der Waals surface area contributed by atoms with Gasteiger partial charge >= 0.3 is 0 Å². The van der Waals surface area contributed by atoms with Gasteiger partial charge in [-0.25, -0.2) is 4.68 Å². The molecule has 0 radical (unpaired) electrons. The van der Waals surface area contributed by atoms with Gasteiger partial charge in [0.25, 0.3) is 11.5 Å². The lowest BCUT2D eigenvalue weighted by molar-refractivity contribution is 0.0944. The lowest BCUT2D eigenvalue weighted by Gasteiger charge is -2.13. The van der Waals surface area contributed by atoms with Crippen LogP contribution < -0.4 is 10.9 Å². The first kappa shape index (κ1) is 17.6. The van der Waals surface area contributed by atoms with Crippen molar-refractivity contribution >= 4 is 5.91 Å². The molecule has 5 nitrogen and oxygen atoms in total. The second-order valence-electron chi connectivity index (χ2n) is 6.22. The number of hydrogen-bond donors (Lipinski definition) is 1. The highest BCUT2D eigenvalue weighted by Gasteiger charge is 2.12. The van der Waals surface area contributed by atoms with Crippen LogP contribution in [-0.2, 0) is 6.54 Å². The van der Waals surface area contributed by atoms with E-state index >= 15 is 0 Å². The molecule has 1 aromatic heterocycles. The minimum Gasteiger partial charge on any atom is -0.350 e. The van der Waals surface area contributed by atoms with E-state index in [1.165, 1.54) is 16.8 Å². The van der Waals surface area contributed by atoms with E-state index < -0.39 is 0 Å². The Morgan fingerprint density at radius 2 is 1.65 bits per heavy atom. The fraction of sp³-hybridized carbons (Fsp3) is 0.190. The van der Waals surface area contributed by atoms with E-state index in [1.54, 1.807) is 0 Å². The molecule has 0 aliphatic heterocycles. The highest BCUT2D eigenvalue weighted by molar-refractivity contribution is 5.92. The third-order valence-corrected chi connectivity index (χ3v) is 4.21. The Bertz CT molecular complexity index is 921. The maximum absolute atomic E-state index is 12.4. The molecule has 0 fully saturated rings. The van der Waals surface area contributed by atoms with Gasteiger partial charge < -0.3 is 5.32 Å². The van der Waals surface area contributed by atoms with E-state index in [2.05, 4.69) is 17.3 Å². The molecule has 26 heavy (non-hydrogen) atoms. The third kappa shape index (κ3) is 4.45. The lowest BCUT2D eigenvalue weighted by atomic mass is 10.0. The van der Waals surface area contributed by atoms with Crippen LogP contribution in [0.5, 0.6) is 0 Å². The zero-order chi connectivity index (χ0) is 18.4. The molecule has 1 unspecified atom stereocenters. The molecule has 0 aliphatic carbocycles. The van der Waals surface area contributed by atoms with Crippen LogP contribution in [0.1, 0.15) is 34.5 Å². The molecule has 0 saturated carbocycles. The van der Waals surface area contributed by atoms with Crippen molar-refractivity contribution in [3.8, 4) is 0 Å². The van der Waals surface area contributed by atoms with E-state index in [0.29, 0.717) is 13.1 Å². The highest BCUT2D eigenvalue weighted by atomic mass is 16.2. The smallest absolute Gasteiger partial charge is 0.271 e. The van der Waals surface area contributed by atoms with Gasteiger partial charge in [0, 0.05) is 12.6 Å². The molecule has 0 saturated heterocycles. The number of rotatable bonds is 6. The highest BCUT2D eigenvalue weighted by Crippen LogP contribution is 2.13. The summed E-state index contributed by atoms with van der Waals surface area (Å²) in [4.78, 5) is 24.4. The first-order valence-corrected chi connectivity index (χ1v) is 8.59. The van der Waals surface area contributed by atoms with Gasteiger partial charge in [-0.3, -0.25) is 9.59 Å². The van der Waals surface area contributed by atoms with Gasteiger partial charge in [0.1, 0.15) is 5.69 Å². The van der Waals surface area contributed by atoms with Crippen LogP contribution in [-0.4, -0.2) is 22.2 Å². The molecule has 1 amide bonds. The van der Waals surface area contributed by atoms with Crippen LogP contribution in [0.2, 0.25) is 0 Å². The zero-order valence-corrected chi connectivity index (χ0v) is 14.6. The summed E-state index contributed by atoms with van der Waals surface area (Å²) >= 11 is 0. The minimum absolute atomic E-state index is 0.190. The number of amides is 1. The summed E-state index contributed by atoms with van der Waals surface area (Å²) in [7, 11) is 0. The van der Waals surface area contributed by atoms with Gasteiger partial charge in [0.2, 0.25) is 0 Å². The van der Waals surface area contributed by atoms with Crippen molar-refractivity contribution in [2.24, 2.45) is 0 Å². The molecule has 132 valence electrons. The van der Waals surface area contributed by atoms with Gasteiger partial charge in [-0.05, 0) is 23.1 Å². The fourth-order valence-electron chi connectivity index (χ4n) is 2.68. The Labute approximate surface area is 152 Å². The molecule has 5 heteroatoms. The first-order valence-electron chi connectivity index (χ1n) is 8.59. The largest absolute Gasteiger partial charge is 0.350 e. The molecule has 2 aromatic carbocycles. The summed E-state index contributed by atoms with van der Waals surface area (Å²) < 4.78 is 1.31. The van der Waals surface area contributed by atoms with Crippen molar-refractivity contribution in [3.05, 3.63) is 100.0 Å². The summed E-state index contributed by atoms with van der Waals surface area (Å²) in [5.74, 6) is -0.0926. The molecule has 3 aromatic rings. The number of aromatic nitrogens is 2. The Hall–Kier alpha value is -3.21. The van der Waals surface area contributed by atoms with E-state index in [-0.39, 0.29) is 23.1 Å². The predicted molar refractivity (Wildman–Crippen MR) is 101 cm³/mol. The molecule has 3 rings (SSSR count). The maximum Gasteiger partial charge on any atom is 0.271 e. The van der Waals surface area contributed by atoms with E-state index in [1.807, 2.05) is 60.7 Å². The number of carbonyl (C=O) groups excluding carboxylic acids is 1. The molecule has 0 aliphatic rings. The fourth-order valence-corrected chi connectivity index (χ4v) is 2.68. The normalized spacial score (nSPS) is 11.7. The Morgan fingerprint density at radius 1 is 1.00 bits per heavy atom. The molecular formula is C21H21N3O2. The first-order chi connectivity index (χ1) is 12.6. The molecule has 0 spiro atoms. The maximum atomic E-state index is 12.4. The number of nitrogens with one attached hydrogen (secondary N) is 1. The van der Waals surface area contributed by atoms with Crippen LogP contribution in [0.15, 0.2) is 77.6 Å². The standard InChI is InChI=1S/C21H21N3O2/c1-16(18-10-6-3-7-11-18)14-22-21(26)19-12-13-20(25)24(23-19)15-17-8-4-2-5-9-17/h2-13,16H,14-15H2,1H3,(H,22,26). The SMILES string of the molecule is CC(CNC(=O)c1ccc(=O)n(Cc2ccccc2)n1)c1ccccc1. The molecule has 1 N–H and O–H groups in total. The summed E-state index contributed by atoms with van der Waals surface area (Å²) in [6.07, 6.45) is 0. The number of benzene rings is 2. The summed E-state index contributed by atoms with van der Waals surface area (Å²) in [5.41, 5.74) is 2.12. The van der Waals surface area contributed by atoms with Crippen LogP contribution in [0.4, 0.5) is 0 Å². The number of carbonyl (C=O) groups is 1. The molecular weight excluding hydrogens is 326 g/mol. The van der Waals surface area contributed by atoms with Crippen LogP contribution in [0.3, 0.4) is 0 Å². The summed E-state index contributed by atoms with van der Waals surface area (Å²) in [6.45, 7) is 2.89. The molecule has 1 heterocycles. The third-order valence-electron chi connectivity index (χ3n) is 4.21. The van der Waals surface area contributed by atoms with Crippen LogP contribution in [0, 0.1) is 0 Å². The van der Waals surface area contributed by atoms with Gasteiger partial charge in [0.15, 0.2) is 0 Å². The van der Waals surface area contributed by atoms with Crippen molar-refractivity contribution in [3.63, 3.8) is 0 Å². The lowest BCUT2D eigenvalue weighted by Crippen LogP contribution is -2.31. The molecule has 1 atom stereocenters. The van der Waals surface area contributed by atoms with Crippen molar-refractivity contribution in [1.82, 2.24) is 15.1 Å². The van der Waals surface area contributed by atoms with Crippen molar-refractivity contribution < 1.29 is 4.79 Å². The van der Waals surface area contributed by atoms with E-state index in [9.17, 15) is 9.59 Å².